The van der Waals surface area contributed by atoms with Gasteiger partial charge >= 0.3 is 6.61 Å². The molecule has 0 heterocycles. The van der Waals surface area contributed by atoms with Gasteiger partial charge in [0.25, 0.3) is 0 Å². The van der Waals surface area contributed by atoms with Crippen molar-refractivity contribution < 1.29 is 23.0 Å². The Morgan fingerprint density at radius 1 is 1.18 bits per heavy atom. The van der Waals surface area contributed by atoms with Gasteiger partial charge in [-0.15, -0.1) is 0 Å². The summed E-state index contributed by atoms with van der Waals surface area (Å²) in [6, 6.07) is 6.52. The molecule has 0 atom stereocenters. The molecule has 0 N–H and O–H groups in total. The number of carbonyl (C=O) groups excluding carboxylic acids is 1. The maximum atomic E-state index is 12.1. The first-order valence-electron chi connectivity index (χ1n) is 5.25. The maximum absolute atomic E-state index is 12.1. The van der Waals surface area contributed by atoms with E-state index in [1.54, 1.807) is 18.2 Å². The quantitative estimate of drug-likeness (QED) is 0.816. The van der Waals surface area contributed by atoms with E-state index in [0.717, 1.165) is 19.3 Å². The molecule has 0 aliphatic heterocycles. The largest absolute Gasteiger partial charge is 0.487 e. The first kappa shape index (κ1) is 13.4. The predicted octanol–water partition coefficient (Wildman–Crippen LogP) is 3.03. The van der Waals surface area contributed by atoms with Gasteiger partial charge < -0.3 is 14.3 Å². The van der Waals surface area contributed by atoms with Crippen molar-refractivity contribution in [1.82, 2.24) is 0 Å². The Morgan fingerprint density at radius 3 is 2.24 bits per heavy atom. The molecule has 0 spiro atoms. The molecule has 0 saturated heterocycles. The minimum atomic E-state index is -2.81. The summed E-state index contributed by atoms with van der Waals surface area (Å²) in [5, 5.41) is 0. The van der Waals surface area contributed by atoms with E-state index in [0.29, 0.717) is 5.75 Å². The number of hydrogen-bond acceptors (Lipinski definition) is 3. The Labute approximate surface area is 98.3 Å². The van der Waals surface area contributed by atoms with Gasteiger partial charge in [0.05, 0.1) is 6.10 Å². The summed E-state index contributed by atoms with van der Waals surface area (Å²) >= 11 is 0. The molecule has 0 aromatic heterocycles. The number of rotatable bonds is 4. The molecule has 0 unspecified atom stereocenters. The summed E-state index contributed by atoms with van der Waals surface area (Å²) in [7, 11) is 0. The summed E-state index contributed by atoms with van der Waals surface area (Å²) in [6.07, 6.45) is 3.28. The van der Waals surface area contributed by atoms with Crippen LogP contribution in [-0.4, -0.2) is 19.5 Å². The van der Waals surface area contributed by atoms with Gasteiger partial charge in [-0.3, -0.25) is 0 Å². The maximum Gasteiger partial charge on any atom is 0.387 e. The van der Waals surface area contributed by atoms with Gasteiger partial charge in [0, 0.05) is 0 Å². The second-order valence-electron chi connectivity index (χ2n) is 3.50. The predicted molar refractivity (Wildman–Crippen MR) is 58.5 cm³/mol. The van der Waals surface area contributed by atoms with Crippen molar-refractivity contribution in [2.75, 3.05) is 0 Å². The highest BCUT2D eigenvalue weighted by Crippen LogP contribution is 2.32. The lowest BCUT2D eigenvalue weighted by molar-refractivity contribution is -0.0980. The Bertz CT molecular complexity index is 340. The highest BCUT2D eigenvalue weighted by atomic mass is 19.3. The van der Waals surface area contributed by atoms with E-state index in [9.17, 15) is 8.78 Å². The molecule has 1 aromatic rings. The Balaban J connectivity index is 0.000000686. The van der Waals surface area contributed by atoms with Crippen LogP contribution < -0.4 is 9.47 Å². The van der Waals surface area contributed by atoms with Crippen LogP contribution in [-0.2, 0) is 4.79 Å². The van der Waals surface area contributed by atoms with Gasteiger partial charge in [-0.1, -0.05) is 12.1 Å². The van der Waals surface area contributed by atoms with E-state index in [-0.39, 0.29) is 11.9 Å². The van der Waals surface area contributed by atoms with Crippen LogP contribution in [0.2, 0.25) is 0 Å². The zero-order chi connectivity index (χ0) is 12.7. The van der Waals surface area contributed by atoms with Gasteiger partial charge in [-0.25, -0.2) is 0 Å². The van der Waals surface area contributed by atoms with Crippen LogP contribution in [0.15, 0.2) is 24.3 Å². The molecule has 1 saturated carbocycles. The summed E-state index contributed by atoms with van der Waals surface area (Å²) in [4.78, 5) is 8.00. The van der Waals surface area contributed by atoms with Crippen molar-refractivity contribution in [3.8, 4) is 11.5 Å². The molecule has 0 amide bonds. The number of benzene rings is 1. The minimum Gasteiger partial charge on any atom is -0.487 e. The van der Waals surface area contributed by atoms with Crippen molar-refractivity contribution in [2.45, 2.75) is 32.0 Å². The fourth-order valence-corrected chi connectivity index (χ4v) is 1.41. The SMILES string of the molecule is C=O.FC(F)Oc1ccccc1OC1CCC1. The van der Waals surface area contributed by atoms with Crippen LogP contribution in [0.3, 0.4) is 0 Å². The van der Waals surface area contributed by atoms with E-state index in [4.69, 9.17) is 9.53 Å². The minimum absolute atomic E-state index is 0.111. The lowest BCUT2D eigenvalue weighted by Gasteiger charge is -2.27. The van der Waals surface area contributed by atoms with Gasteiger partial charge in [0.15, 0.2) is 11.5 Å². The molecule has 94 valence electrons. The molecule has 1 aliphatic carbocycles. The molecule has 0 bridgehead atoms. The summed E-state index contributed by atoms with van der Waals surface area (Å²) in [6.45, 7) is -0.809. The van der Waals surface area contributed by atoms with Crippen molar-refractivity contribution in [2.24, 2.45) is 0 Å². The van der Waals surface area contributed by atoms with Gasteiger partial charge in [-0.05, 0) is 31.4 Å². The van der Waals surface area contributed by atoms with Crippen molar-refractivity contribution in [1.29, 1.82) is 0 Å². The Kier molecular flexibility index (Phi) is 5.39. The Hall–Kier alpha value is -1.65. The Morgan fingerprint density at radius 2 is 1.76 bits per heavy atom. The number of alkyl halides is 2. The molecule has 17 heavy (non-hydrogen) atoms. The molecule has 1 fully saturated rings. The van der Waals surface area contributed by atoms with Crippen LogP contribution in [0.4, 0.5) is 8.78 Å². The lowest BCUT2D eigenvalue weighted by Crippen LogP contribution is -2.24. The monoisotopic (exact) mass is 244 g/mol. The molecule has 1 aliphatic rings. The topological polar surface area (TPSA) is 35.5 Å². The average Bonchev–Trinajstić information content (AvgIpc) is 2.27. The van der Waals surface area contributed by atoms with Crippen molar-refractivity contribution >= 4 is 6.79 Å². The smallest absolute Gasteiger partial charge is 0.387 e. The number of carbonyl (C=O) groups is 1. The third-order valence-corrected chi connectivity index (χ3v) is 2.41. The average molecular weight is 244 g/mol. The first-order valence-corrected chi connectivity index (χ1v) is 5.25. The third kappa shape index (κ3) is 4.01. The highest BCUT2D eigenvalue weighted by molar-refractivity contribution is 5.39. The number of hydrogen-bond donors (Lipinski definition) is 0. The van der Waals surface area contributed by atoms with Gasteiger partial charge in [0.1, 0.15) is 6.79 Å². The van der Waals surface area contributed by atoms with E-state index < -0.39 is 6.61 Å². The summed E-state index contributed by atoms with van der Waals surface area (Å²) < 4.78 is 34.0. The van der Waals surface area contributed by atoms with E-state index in [1.807, 2.05) is 6.79 Å². The summed E-state index contributed by atoms with van der Waals surface area (Å²) in [5.74, 6) is 0.516. The molecule has 5 heteroatoms. The number of ether oxygens (including phenoxy) is 2. The molecule has 1 aromatic carbocycles. The van der Waals surface area contributed by atoms with Crippen molar-refractivity contribution in [3.63, 3.8) is 0 Å². The zero-order valence-electron chi connectivity index (χ0n) is 9.27. The van der Waals surface area contributed by atoms with Crippen LogP contribution >= 0.6 is 0 Å². The van der Waals surface area contributed by atoms with Crippen LogP contribution in [0, 0.1) is 0 Å². The fourth-order valence-electron chi connectivity index (χ4n) is 1.41. The third-order valence-electron chi connectivity index (χ3n) is 2.41. The first-order chi connectivity index (χ1) is 8.25. The van der Waals surface area contributed by atoms with Crippen LogP contribution in [0.1, 0.15) is 19.3 Å². The normalized spacial score (nSPS) is 14.5. The lowest BCUT2D eigenvalue weighted by atomic mass is 9.96. The molecule has 2 rings (SSSR count). The van der Waals surface area contributed by atoms with E-state index in [1.165, 1.54) is 6.07 Å². The number of para-hydroxylation sites is 2. The molecular weight excluding hydrogens is 230 g/mol. The highest BCUT2D eigenvalue weighted by Gasteiger charge is 2.21. The standard InChI is InChI=1S/C11H12F2O2.CH2O/c12-11(13)15-10-7-2-1-6-9(10)14-8-4-3-5-8;1-2/h1-2,6-8,11H,3-5H2;1H2. The molecule has 0 radical (unpaired) electrons. The fraction of sp³-hybridized carbons (Fsp3) is 0.417. The van der Waals surface area contributed by atoms with Gasteiger partial charge in [-0.2, -0.15) is 8.78 Å². The van der Waals surface area contributed by atoms with E-state index >= 15 is 0 Å². The zero-order valence-corrected chi connectivity index (χ0v) is 9.27. The van der Waals surface area contributed by atoms with Crippen molar-refractivity contribution in [3.05, 3.63) is 24.3 Å². The second-order valence-corrected chi connectivity index (χ2v) is 3.50. The number of halogens is 2. The molecule has 3 nitrogen and oxygen atoms in total. The van der Waals surface area contributed by atoms with Crippen LogP contribution in [0.25, 0.3) is 0 Å². The summed E-state index contributed by atoms with van der Waals surface area (Å²) in [5.41, 5.74) is 0. The van der Waals surface area contributed by atoms with Crippen LogP contribution in [0.5, 0.6) is 11.5 Å². The second kappa shape index (κ2) is 6.83. The van der Waals surface area contributed by atoms with Gasteiger partial charge in [0.2, 0.25) is 0 Å². The van der Waals surface area contributed by atoms with E-state index in [2.05, 4.69) is 4.74 Å². The molecular formula is C12H14F2O3.